The van der Waals surface area contributed by atoms with E-state index in [0.717, 1.165) is 25.1 Å². The van der Waals surface area contributed by atoms with E-state index in [1.165, 1.54) is 5.56 Å². The average Bonchev–Trinajstić information content (AvgIpc) is 2.58. The van der Waals surface area contributed by atoms with Crippen LogP contribution in [0, 0.1) is 6.92 Å². The number of hydrogen-bond donors (Lipinski definition) is 2. The Bertz CT molecular complexity index is 293. The van der Waals surface area contributed by atoms with Crippen LogP contribution in [0.15, 0.2) is 6.20 Å². The highest BCUT2D eigenvalue weighted by Crippen LogP contribution is 2.04. The minimum atomic E-state index is 0.119. The largest absolute Gasteiger partial charge is 0.356 e. The first-order valence-corrected chi connectivity index (χ1v) is 4.99. The van der Waals surface area contributed by atoms with Crippen LogP contribution in [0.4, 0.5) is 0 Å². The molecule has 0 aliphatic carbocycles. The number of aryl methyl sites for hydroxylation is 2. The van der Waals surface area contributed by atoms with Crippen LogP contribution in [0.25, 0.3) is 0 Å². The molecule has 0 saturated carbocycles. The Morgan fingerprint density at radius 2 is 2.43 bits per heavy atom. The summed E-state index contributed by atoms with van der Waals surface area (Å²) in [7, 11) is 0. The number of amides is 1. The van der Waals surface area contributed by atoms with Crippen molar-refractivity contribution in [2.45, 2.75) is 33.1 Å². The third-order valence-corrected chi connectivity index (χ3v) is 2.20. The van der Waals surface area contributed by atoms with Gasteiger partial charge in [0.1, 0.15) is 0 Å². The van der Waals surface area contributed by atoms with E-state index in [1.807, 2.05) is 20.0 Å². The molecule has 0 unspecified atom stereocenters. The molecule has 0 atom stereocenters. The molecule has 0 aliphatic rings. The van der Waals surface area contributed by atoms with E-state index in [1.54, 1.807) is 0 Å². The van der Waals surface area contributed by atoms with Crippen molar-refractivity contribution >= 4 is 5.91 Å². The zero-order chi connectivity index (χ0) is 10.4. The summed E-state index contributed by atoms with van der Waals surface area (Å²) < 4.78 is 0. The number of nitrogens with one attached hydrogen (secondary N) is 2. The monoisotopic (exact) mass is 195 g/mol. The van der Waals surface area contributed by atoms with Gasteiger partial charge in [-0.15, -0.1) is 0 Å². The molecule has 1 rings (SSSR count). The van der Waals surface area contributed by atoms with Crippen molar-refractivity contribution in [1.29, 1.82) is 0 Å². The van der Waals surface area contributed by atoms with Crippen LogP contribution in [-0.2, 0) is 11.2 Å². The molecule has 4 nitrogen and oxygen atoms in total. The second-order valence-corrected chi connectivity index (χ2v) is 3.33. The second kappa shape index (κ2) is 5.42. The highest BCUT2D eigenvalue weighted by atomic mass is 16.1. The molecule has 0 spiro atoms. The van der Waals surface area contributed by atoms with Crippen molar-refractivity contribution in [3.05, 3.63) is 17.5 Å². The Kier molecular flexibility index (Phi) is 4.16. The standard InChI is InChI=1S/C10H17N3O/c1-3-10(14)11-6-4-5-9-7-12-13-8(9)2/h7H,3-6H2,1-2H3,(H,11,14)(H,12,13). The molecule has 1 aromatic rings. The topological polar surface area (TPSA) is 57.8 Å². The van der Waals surface area contributed by atoms with Crippen LogP contribution in [-0.4, -0.2) is 22.6 Å². The summed E-state index contributed by atoms with van der Waals surface area (Å²) in [6.07, 6.45) is 4.33. The molecule has 0 aromatic carbocycles. The molecule has 1 heterocycles. The van der Waals surface area contributed by atoms with Crippen LogP contribution in [0.5, 0.6) is 0 Å². The fourth-order valence-electron chi connectivity index (χ4n) is 1.26. The Morgan fingerprint density at radius 3 is 3.00 bits per heavy atom. The van der Waals surface area contributed by atoms with E-state index >= 15 is 0 Å². The van der Waals surface area contributed by atoms with Crippen molar-refractivity contribution in [1.82, 2.24) is 15.5 Å². The molecule has 2 N–H and O–H groups in total. The van der Waals surface area contributed by atoms with Crippen LogP contribution in [0.2, 0.25) is 0 Å². The van der Waals surface area contributed by atoms with Crippen molar-refractivity contribution in [2.24, 2.45) is 0 Å². The minimum Gasteiger partial charge on any atom is -0.356 e. The molecule has 0 fully saturated rings. The maximum Gasteiger partial charge on any atom is 0.219 e. The maximum atomic E-state index is 10.9. The summed E-state index contributed by atoms with van der Waals surface area (Å²) in [5.41, 5.74) is 2.35. The van der Waals surface area contributed by atoms with Crippen molar-refractivity contribution < 1.29 is 4.79 Å². The van der Waals surface area contributed by atoms with E-state index in [4.69, 9.17) is 0 Å². The normalized spacial score (nSPS) is 10.1. The minimum absolute atomic E-state index is 0.119. The lowest BCUT2D eigenvalue weighted by molar-refractivity contribution is -0.120. The highest BCUT2D eigenvalue weighted by Gasteiger charge is 2.00. The number of hydrogen-bond acceptors (Lipinski definition) is 2. The lowest BCUT2D eigenvalue weighted by Gasteiger charge is -2.02. The smallest absolute Gasteiger partial charge is 0.219 e. The lowest BCUT2D eigenvalue weighted by Crippen LogP contribution is -2.23. The first-order valence-electron chi connectivity index (χ1n) is 4.99. The number of rotatable bonds is 5. The third kappa shape index (κ3) is 3.20. The first-order chi connectivity index (χ1) is 6.74. The fourth-order valence-corrected chi connectivity index (χ4v) is 1.26. The highest BCUT2D eigenvalue weighted by molar-refractivity contribution is 5.75. The Labute approximate surface area is 84.1 Å². The Morgan fingerprint density at radius 1 is 1.64 bits per heavy atom. The maximum absolute atomic E-state index is 10.9. The number of H-pyrrole nitrogens is 1. The van der Waals surface area contributed by atoms with E-state index in [-0.39, 0.29) is 5.91 Å². The van der Waals surface area contributed by atoms with Crippen molar-refractivity contribution in [3.63, 3.8) is 0 Å². The Hall–Kier alpha value is -1.32. The molecule has 14 heavy (non-hydrogen) atoms. The fraction of sp³-hybridized carbons (Fsp3) is 0.600. The van der Waals surface area contributed by atoms with Gasteiger partial charge in [0.2, 0.25) is 5.91 Å². The number of carbonyl (C=O) groups is 1. The molecular weight excluding hydrogens is 178 g/mol. The average molecular weight is 195 g/mol. The third-order valence-electron chi connectivity index (χ3n) is 2.20. The van der Waals surface area contributed by atoms with Gasteiger partial charge in [-0.3, -0.25) is 9.89 Å². The van der Waals surface area contributed by atoms with Crippen molar-refractivity contribution in [2.75, 3.05) is 6.54 Å². The van der Waals surface area contributed by atoms with Gasteiger partial charge < -0.3 is 5.32 Å². The summed E-state index contributed by atoms with van der Waals surface area (Å²) in [4.78, 5) is 10.9. The molecule has 0 saturated heterocycles. The molecule has 78 valence electrons. The van der Waals surface area contributed by atoms with Gasteiger partial charge >= 0.3 is 0 Å². The van der Waals surface area contributed by atoms with E-state index in [0.29, 0.717) is 6.42 Å². The zero-order valence-corrected chi connectivity index (χ0v) is 8.76. The number of carbonyl (C=O) groups excluding carboxylic acids is 1. The zero-order valence-electron chi connectivity index (χ0n) is 8.76. The molecule has 0 bridgehead atoms. The summed E-state index contributed by atoms with van der Waals surface area (Å²) >= 11 is 0. The summed E-state index contributed by atoms with van der Waals surface area (Å²) in [6, 6.07) is 0. The van der Waals surface area contributed by atoms with Crippen LogP contribution >= 0.6 is 0 Å². The predicted octanol–water partition coefficient (Wildman–Crippen LogP) is 1.18. The van der Waals surface area contributed by atoms with Crippen LogP contribution < -0.4 is 5.32 Å². The van der Waals surface area contributed by atoms with E-state index in [2.05, 4.69) is 15.5 Å². The van der Waals surface area contributed by atoms with Crippen LogP contribution in [0.1, 0.15) is 31.0 Å². The van der Waals surface area contributed by atoms with Crippen LogP contribution in [0.3, 0.4) is 0 Å². The van der Waals surface area contributed by atoms with E-state index in [9.17, 15) is 4.79 Å². The molecular formula is C10H17N3O. The number of aromatic nitrogens is 2. The van der Waals surface area contributed by atoms with Gasteiger partial charge in [-0.2, -0.15) is 5.10 Å². The predicted molar refractivity (Wildman–Crippen MR) is 54.9 cm³/mol. The number of nitrogens with zero attached hydrogens (tertiary/aromatic N) is 1. The SMILES string of the molecule is CCC(=O)NCCCc1cn[nH]c1C. The van der Waals surface area contributed by atoms with Gasteiger partial charge in [0.15, 0.2) is 0 Å². The molecule has 1 amide bonds. The Balaban J connectivity index is 2.16. The van der Waals surface area contributed by atoms with Gasteiger partial charge in [0, 0.05) is 18.7 Å². The van der Waals surface area contributed by atoms with E-state index < -0.39 is 0 Å². The van der Waals surface area contributed by atoms with Gasteiger partial charge in [0.25, 0.3) is 0 Å². The summed E-state index contributed by atoms with van der Waals surface area (Å²) in [5.74, 6) is 0.119. The van der Waals surface area contributed by atoms with Gasteiger partial charge in [0.05, 0.1) is 6.20 Å². The molecule has 0 aliphatic heterocycles. The van der Waals surface area contributed by atoms with Gasteiger partial charge in [-0.25, -0.2) is 0 Å². The first kappa shape index (κ1) is 10.8. The molecule has 4 heteroatoms. The molecule has 1 aromatic heterocycles. The van der Waals surface area contributed by atoms with Gasteiger partial charge in [-0.1, -0.05) is 6.92 Å². The van der Waals surface area contributed by atoms with Gasteiger partial charge in [-0.05, 0) is 25.3 Å². The number of aromatic amines is 1. The quantitative estimate of drug-likeness (QED) is 0.693. The lowest BCUT2D eigenvalue weighted by atomic mass is 10.1. The summed E-state index contributed by atoms with van der Waals surface area (Å²) in [5, 5.41) is 9.68. The summed E-state index contributed by atoms with van der Waals surface area (Å²) in [6.45, 7) is 4.61. The van der Waals surface area contributed by atoms with Crippen molar-refractivity contribution in [3.8, 4) is 0 Å². The second-order valence-electron chi connectivity index (χ2n) is 3.33. The molecule has 0 radical (unpaired) electrons.